The van der Waals surface area contributed by atoms with E-state index in [9.17, 15) is 9.59 Å². The third-order valence-corrected chi connectivity index (χ3v) is 5.40. The first-order chi connectivity index (χ1) is 12.1. The molecule has 2 heterocycles. The van der Waals surface area contributed by atoms with E-state index in [0.717, 1.165) is 37.8 Å². The number of halogens is 1. The number of hydrogen-bond donors (Lipinski definition) is 2. The Labute approximate surface area is 160 Å². The van der Waals surface area contributed by atoms with Crippen molar-refractivity contribution in [3.05, 3.63) is 18.0 Å². The molecule has 0 aromatic carbocycles. The third-order valence-electron chi connectivity index (χ3n) is 5.40. The topological polar surface area (TPSA) is 85.2 Å². The number of hydrogen-bond acceptors (Lipinski definition) is 5. The molecule has 7 nitrogen and oxygen atoms in total. The number of esters is 1. The van der Waals surface area contributed by atoms with Crippen LogP contribution in [0.3, 0.4) is 0 Å². The summed E-state index contributed by atoms with van der Waals surface area (Å²) in [4.78, 5) is 24.6. The molecule has 1 aromatic rings. The number of amides is 1. The van der Waals surface area contributed by atoms with Crippen LogP contribution in [0.5, 0.6) is 0 Å². The molecular formula is C18H29ClN4O3. The highest BCUT2D eigenvalue weighted by Gasteiger charge is 2.36. The predicted octanol–water partition coefficient (Wildman–Crippen LogP) is 1.38. The Morgan fingerprint density at radius 2 is 2.04 bits per heavy atom. The lowest BCUT2D eigenvalue weighted by atomic mass is 9.85. The molecule has 0 bridgehead atoms. The lowest BCUT2D eigenvalue weighted by Gasteiger charge is -2.29. The van der Waals surface area contributed by atoms with E-state index in [4.69, 9.17) is 4.74 Å². The van der Waals surface area contributed by atoms with Gasteiger partial charge in [0.05, 0.1) is 24.6 Å². The summed E-state index contributed by atoms with van der Waals surface area (Å²) in [5.74, 6) is 0.114. The molecule has 146 valence electrons. The Kier molecular flexibility index (Phi) is 7.46. The molecule has 1 aromatic heterocycles. The van der Waals surface area contributed by atoms with E-state index >= 15 is 0 Å². The molecule has 1 saturated carbocycles. The largest absolute Gasteiger partial charge is 0.466 e. The van der Waals surface area contributed by atoms with E-state index in [0.29, 0.717) is 13.2 Å². The maximum absolute atomic E-state index is 12.8. The summed E-state index contributed by atoms with van der Waals surface area (Å²) in [7, 11) is 1.89. The number of aromatic nitrogens is 2. The van der Waals surface area contributed by atoms with Gasteiger partial charge in [0, 0.05) is 38.3 Å². The highest BCUT2D eigenvalue weighted by atomic mass is 35.5. The summed E-state index contributed by atoms with van der Waals surface area (Å²) in [6.07, 6.45) is 7.10. The Morgan fingerprint density at radius 1 is 1.31 bits per heavy atom. The average Bonchev–Trinajstić information content (AvgIpc) is 3.24. The van der Waals surface area contributed by atoms with Crippen LogP contribution in [0, 0.1) is 11.8 Å². The van der Waals surface area contributed by atoms with Crippen LogP contribution in [0.1, 0.15) is 44.1 Å². The van der Waals surface area contributed by atoms with Gasteiger partial charge in [-0.1, -0.05) is 0 Å². The lowest BCUT2D eigenvalue weighted by Crippen LogP contribution is -2.43. The van der Waals surface area contributed by atoms with E-state index in [1.165, 1.54) is 0 Å². The van der Waals surface area contributed by atoms with Crippen LogP contribution < -0.4 is 10.6 Å². The van der Waals surface area contributed by atoms with Crippen LogP contribution in [0.4, 0.5) is 0 Å². The van der Waals surface area contributed by atoms with Crippen molar-refractivity contribution in [3.8, 4) is 0 Å². The molecule has 1 aliphatic heterocycles. The van der Waals surface area contributed by atoms with Gasteiger partial charge < -0.3 is 15.4 Å². The maximum Gasteiger partial charge on any atom is 0.308 e. The van der Waals surface area contributed by atoms with E-state index in [2.05, 4.69) is 15.7 Å². The van der Waals surface area contributed by atoms with E-state index in [1.807, 2.05) is 26.4 Å². The summed E-state index contributed by atoms with van der Waals surface area (Å²) < 4.78 is 6.88. The van der Waals surface area contributed by atoms with Crippen molar-refractivity contribution < 1.29 is 14.3 Å². The molecule has 1 aliphatic carbocycles. The molecule has 0 radical (unpaired) electrons. The van der Waals surface area contributed by atoms with E-state index in [1.54, 1.807) is 4.68 Å². The quantitative estimate of drug-likeness (QED) is 0.749. The second-order valence-corrected chi connectivity index (χ2v) is 7.13. The highest BCUT2D eigenvalue weighted by Crippen LogP contribution is 2.30. The zero-order chi connectivity index (χ0) is 17.8. The van der Waals surface area contributed by atoms with Gasteiger partial charge in [0.25, 0.3) is 0 Å². The number of nitrogens with one attached hydrogen (secondary N) is 2. The van der Waals surface area contributed by atoms with Crippen LogP contribution in [0.25, 0.3) is 0 Å². The smallest absolute Gasteiger partial charge is 0.308 e. The van der Waals surface area contributed by atoms with Crippen molar-refractivity contribution in [3.63, 3.8) is 0 Å². The van der Waals surface area contributed by atoms with E-state index in [-0.39, 0.29) is 48.1 Å². The van der Waals surface area contributed by atoms with Crippen molar-refractivity contribution in [2.24, 2.45) is 18.9 Å². The first kappa shape index (κ1) is 20.7. The monoisotopic (exact) mass is 384 g/mol. The summed E-state index contributed by atoms with van der Waals surface area (Å²) in [5.41, 5.74) is 1.11. The predicted molar refractivity (Wildman–Crippen MR) is 100 cm³/mol. The Morgan fingerprint density at radius 3 is 2.65 bits per heavy atom. The minimum atomic E-state index is -0.0936. The molecule has 0 spiro atoms. The van der Waals surface area contributed by atoms with Crippen molar-refractivity contribution in [2.75, 3.05) is 19.7 Å². The van der Waals surface area contributed by atoms with Gasteiger partial charge in [-0.25, -0.2) is 0 Å². The molecule has 1 amide bonds. The molecular weight excluding hydrogens is 356 g/mol. The fourth-order valence-corrected chi connectivity index (χ4v) is 3.98. The van der Waals surface area contributed by atoms with Gasteiger partial charge in [0.2, 0.25) is 5.91 Å². The zero-order valence-electron chi connectivity index (χ0n) is 15.4. The van der Waals surface area contributed by atoms with Crippen LogP contribution in [0.2, 0.25) is 0 Å². The van der Waals surface area contributed by atoms with Gasteiger partial charge in [0.1, 0.15) is 0 Å². The Balaban J connectivity index is 0.00000243. The molecule has 26 heavy (non-hydrogen) atoms. The second kappa shape index (κ2) is 9.37. The molecule has 2 aliphatic rings. The number of rotatable bonds is 5. The molecule has 2 atom stereocenters. The minimum Gasteiger partial charge on any atom is -0.466 e. The second-order valence-electron chi connectivity index (χ2n) is 7.13. The van der Waals surface area contributed by atoms with Crippen molar-refractivity contribution in [2.45, 2.75) is 44.6 Å². The molecule has 2 fully saturated rings. The minimum absolute atomic E-state index is 0. The Bertz CT molecular complexity index is 613. The fourth-order valence-electron chi connectivity index (χ4n) is 3.98. The number of carbonyl (C=O) groups is 2. The standard InChI is InChI=1S/C18H28N4O3.ClH/c1-3-25-18(24)12-4-6-14(7-5-12)21-17(23)16-10-19-9-15(16)13-8-20-22(2)11-13;/h8,11-12,14-16,19H,3-7,9-10H2,1-2H3,(H,21,23);1H/t12?,14?,15-,16+;/m1./s1. The number of nitrogens with zero attached hydrogens (tertiary/aromatic N) is 2. The average molecular weight is 385 g/mol. The molecule has 2 N–H and O–H groups in total. The van der Waals surface area contributed by atoms with Gasteiger partial charge in [0.15, 0.2) is 0 Å². The van der Waals surface area contributed by atoms with Gasteiger partial charge in [-0.2, -0.15) is 5.10 Å². The molecule has 0 unspecified atom stereocenters. The summed E-state index contributed by atoms with van der Waals surface area (Å²) in [5, 5.41) is 10.7. The zero-order valence-corrected chi connectivity index (χ0v) is 16.3. The first-order valence-corrected chi connectivity index (χ1v) is 9.24. The van der Waals surface area contributed by atoms with E-state index < -0.39 is 0 Å². The van der Waals surface area contributed by atoms with Gasteiger partial charge in [-0.05, 0) is 38.2 Å². The van der Waals surface area contributed by atoms with Gasteiger partial charge in [-0.15, -0.1) is 12.4 Å². The highest BCUT2D eigenvalue weighted by molar-refractivity contribution is 5.85. The van der Waals surface area contributed by atoms with Crippen LogP contribution >= 0.6 is 12.4 Å². The lowest BCUT2D eigenvalue weighted by molar-refractivity contribution is -0.149. The number of ether oxygens (including phenoxy) is 1. The van der Waals surface area contributed by atoms with Crippen LogP contribution in [-0.4, -0.2) is 47.4 Å². The SMILES string of the molecule is CCOC(=O)C1CCC(NC(=O)[C@H]2CNC[C@@H]2c2cnn(C)c2)CC1.Cl. The normalized spacial score (nSPS) is 28.2. The van der Waals surface area contributed by atoms with Gasteiger partial charge >= 0.3 is 5.97 Å². The van der Waals surface area contributed by atoms with Crippen molar-refractivity contribution in [1.82, 2.24) is 20.4 Å². The number of carbonyl (C=O) groups excluding carboxylic acids is 2. The molecule has 1 saturated heterocycles. The first-order valence-electron chi connectivity index (χ1n) is 9.24. The number of aryl methyl sites for hydroxylation is 1. The summed E-state index contributed by atoms with van der Waals surface area (Å²) >= 11 is 0. The van der Waals surface area contributed by atoms with Gasteiger partial charge in [-0.3, -0.25) is 14.3 Å². The fraction of sp³-hybridized carbons (Fsp3) is 0.722. The van der Waals surface area contributed by atoms with Crippen LogP contribution in [0.15, 0.2) is 12.4 Å². The third kappa shape index (κ3) is 4.76. The summed E-state index contributed by atoms with van der Waals surface area (Å²) in [6, 6.07) is 0.160. The molecule has 8 heteroatoms. The van der Waals surface area contributed by atoms with Crippen LogP contribution in [-0.2, 0) is 21.4 Å². The van der Waals surface area contributed by atoms with Crippen molar-refractivity contribution in [1.29, 1.82) is 0 Å². The molecule has 3 rings (SSSR count). The maximum atomic E-state index is 12.8. The summed E-state index contributed by atoms with van der Waals surface area (Å²) in [6.45, 7) is 3.76. The Hall–Kier alpha value is -1.60. The van der Waals surface area contributed by atoms with Crippen molar-refractivity contribution >= 4 is 24.3 Å².